The van der Waals surface area contributed by atoms with E-state index in [-0.39, 0.29) is 33.4 Å². The van der Waals surface area contributed by atoms with Gasteiger partial charge in [0, 0.05) is 42.2 Å². The van der Waals surface area contributed by atoms with Crippen LogP contribution in [0.5, 0.6) is 0 Å². The van der Waals surface area contributed by atoms with Crippen LogP contribution in [0.4, 0.5) is 8.78 Å². The molecule has 5 rings (SSSR count). The van der Waals surface area contributed by atoms with E-state index in [1.807, 2.05) is 31.7 Å². The van der Waals surface area contributed by atoms with Crippen molar-refractivity contribution < 1.29 is 13.6 Å². The summed E-state index contributed by atoms with van der Waals surface area (Å²) in [5, 5.41) is 14.7. The fraction of sp³-hybridized carbons (Fsp3) is 0.238. The fourth-order valence-electron chi connectivity index (χ4n) is 3.92. The number of aromatic nitrogens is 4. The van der Waals surface area contributed by atoms with Gasteiger partial charge < -0.3 is 4.90 Å². The topological polar surface area (TPSA) is 63.9 Å². The van der Waals surface area contributed by atoms with Gasteiger partial charge in [0.05, 0.1) is 12.2 Å². The van der Waals surface area contributed by atoms with E-state index in [9.17, 15) is 13.6 Å². The van der Waals surface area contributed by atoms with Crippen molar-refractivity contribution in [1.82, 2.24) is 24.9 Å². The van der Waals surface area contributed by atoms with Gasteiger partial charge >= 0.3 is 0 Å². The van der Waals surface area contributed by atoms with Gasteiger partial charge in [0.15, 0.2) is 5.01 Å². The molecule has 0 aliphatic carbocycles. The predicted molar refractivity (Wildman–Crippen MR) is 114 cm³/mol. The molecule has 31 heavy (non-hydrogen) atoms. The Morgan fingerprint density at radius 3 is 2.81 bits per heavy atom. The molecule has 1 amide bonds. The molecule has 0 radical (unpaired) electrons. The third kappa shape index (κ3) is 3.45. The molecular weight excluding hydrogens is 440 g/mol. The van der Waals surface area contributed by atoms with Crippen LogP contribution in [0.25, 0.3) is 10.6 Å². The van der Waals surface area contributed by atoms with E-state index in [4.69, 9.17) is 0 Å². The first-order chi connectivity index (χ1) is 14.9. The Morgan fingerprint density at radius 2 is 2.06 bits per heavy atom. The first-order valence-corrected chi connectivity index (χ1v) is 11.3. The zero-order valence-corrected chi connectivity index (χ0v) is 18.3. The van der Waals surface area contributed by atoms with Gasteiger partial charge in [0.1, 0.15) is 11.6 Å². The molecule has 4 heterocycles. The van der Waals surface area contributed by atoms with Crippen LogP contribution >= 0.6 is 22.7 Å². The highest BCUT2D eigenvalue weighted by molar-refractivity contribution is 7.16. The van der Waals surface area contributed by atoms with E-state index >= 15 is 0 Å². The van der Waals surface area contributed by atoms with Crippen molar-refractivity contribution in [3.8, 4) is 10.6 Å². The highest BCUT2D eigenvalue weighted by Gasteiger charge is 2.37. The summed E-state index contributed by atoms with van der Waals surface area (Å²) in [5.41, 5.74) is 2.37. The molecule has 158 valence electrons. The number of amides is 1. The number of halogens is 2. The zero-order chi connectivity index (χ0) is 21.7. The minimum atomic E-state index is -0.735. The average Bonchev–Trinajstić information content (AvgIpc) is 3.48. The molecule has 1 aromatic carbocycles. The van der Waals surface area contributed by atoms with Gasteiger partial charge in [-0.15, -0.1) is 21.5 Å². The summed E-state index contributed by atoms with van der Waals surface area (Å²) in [6.07, 6.45) is 3.79. The minimum Gasteiger partial charge on any atom is -0.328 e. The SMILES string of the molecule is C[C@@H]1c2sccc2[C@H](c2cnn(C)c2)CN1C(=O)c1nnc(-c2ccc(F)cc2F)s1. The van der Waals surface area contributed by atoms with Crippen molar-refractivity contribution in [2.75, 3.05) is 6.54 Å². The van der Waals surface area contributed by atoms with Crippen molar-refractivity contribution in [2.24, 2.45) is 7.05 Å². The van der Waals surface area contributed by atoms with Crippen LogP contribution in [0.2, 0.25) is 0 Å². The van der Waals surface area contributed by atoms with Crippen molar-refractivity contribution in [1.29, 1.82) is 0 Å². The Bertz CT molecular complexity index is 1280. The van der Waals surface area contributed by atoms with Crippen LogP contribution in [0.15, 0.2) is 42.0 Å². The second-order valence-electron chi connectivity index (χ2n) is 7.41. The number of rotatable bonds is 3. The third-order valence-electron chi connectivity index (χ3n) is 5.49. The number of hydrogen-bond acceptors (Lipinski definition) is 6. The predicted octanol–water partition coefficient (Wildman–Crippen LogP) is 4.63. The smallest absolute Gasteiger partial charge is 0.285 e. The average molecular weight is 458 g/mol. The number of thiophene rings is 1. The van der Waals surface area contributed by atoms with Gasteiger partial charge in [-0.05, 0) is 41.6 Å². The molecule has 3 aromatic heterocycles. The summed E-state index contributed by atoms with van der Waals surface area (Å²) in [5.74, 6) is -1.65. The minimum absolute atomic E-state index is 0.0111. The molecule has 0 saturated carbocycles. The van der Waals surface area contributed by atoms with Gasteiger partial charge in [-0.25, -0.2) is 8.78 Å². The highest BCUT2D eigenvalue weighted by Crippen LogP contribution is 2.43. The summed E-state index contributed by atoms with van der Waals surface area (Å²) in [6, 6.07) is 5.24. The Labute approximate surface area is 184 Å². The summed E-state index contributed by atoms with van der Waals surface area (Å²) < 4.78 is 29.1. The molecule has 1 aliphatic rings. The van der Waals surface area contributed by atoms with Crippen LogP contribution in [0.3, 0.4) is 0 Å². The molecule has 6 nitrogen and oxygen atoms in total. The molecule has 0 unspecified atom stereocenters. The summed E-state index contributed by atoms with van der Waals surface area (Å²) in [7, 11) is 1.86. The van der Waals surface area contributed by atoms with E-state index in [0.29, 0.717) is 6.54 Å². The van der Waals surface area contributed by atoms with Crippen LogP contribution < -0.4 is 0 Å². The summed E-state index contributed by atoms with van der Waals surface area (Å²) in [6.45, 7) is 2.48. The molecule has 0 bridgehead atoms. The maximum absolute atomic E-state index is 14.1. The molecule has 0 spiro atoms. The number of aryl methyl sites for hydroxylation is 1. The lowest BCUT2D eigenvalue weighted by Gasteiger charge is -2.37. The van der Waals surface area contributed by atoms with Gasteiger partial charge in [0.2, 0.25) is 5.01 Å². The maximum Gasteiger partial charge on any atom is 0.285 e. The summed E-state index contributed by atoms with van der Waals surface area (Å²) >= 11 is 2.63. The number of fused-ring (bicyclic) bond motifs is 1. The van der Waals surface area contributed by atoms with E-state index in [1.54, 1.807) is 20.9 Å². The Morgan fingerprint density at radius 1 is 1.23 bits per heavy atom. The lowest BCUT2D eigenvalue weighted by atomic mass is 9.88. The normalized spacial score (nSPS) is 18.3. The molecule has 0 fully saturated rings. The van der Waals surface area contributed by atoms with Gasteiger partial charge in [-0.1, -0.05) is 11.3 Å². The first-order valence-electron chi connectivity index (χ1n) is 9.58. The second-order valence-corrected chi connectivity index (χ2v) is 9.34. The van der Waals surface area contributed by atoms with E-state index in [1.165, 1.54) is 11.6 Å². The molecular formula is C21H17F2N5OS2. The number of carbonyl (C=O) groups excluding carboxylic acids is 1. The lowest BCUT2D eigenvalue weighted by Crippen LogP contribution is -2.40. The van der Waals surface area contributed by atoms with Crippen LogP contribution in [0.1, 0.15) is 44.7 Å². The monoisotopic (exact) mass is 457 g/mol. The zero-order valence-electron chi connectivity index (χ0n) is 16.6. The largest absolute Gasteiger partial charge is 0.328 e. The van der Waals surface area contributed by atoms with E-state index < -0.39 is 11.6 Å². The van der Waals surface area contributed by atoms with Crippen LogP contribution in [-0.2, 0) is 7.05 Å². The van der Waals surface area contributed by atoms with Gasteiger partial charge in [0.25, 0.3) is 5.91 Å². The number of nitrogens with zero attached hydrogens (tertiary/aromatic N) is 5. The Hall–Kier alpha value is -2.98. The quantitative estimate of drug-likeness (QED) is 0.450. The molecule has 0 saturated heterocycles. The van der Waals surface area contributed by atoms with Crippen molar-refractivity contribution >= 4 is 28.6 Å². The van der Waals surface area contributed by atoms with Crippen LogP contribution in [0, 0.1) is 11.6 Å². The molecule has 2 atom stereocenters. The third-order valence-corrected chi connectivity index (χ3v) is 7.53. The molecule has 10 heteroatoms. The first kappa shape index (κ1) is 20.0. The van der Waals surface area contributed by atoms with Gasteiger partial charge in [-0.2, -0.15) is 5.10 Å². The highest BCUT2D eigenvalue weighted by atomic mass is 32.1. The molecule has 4 aromatic rings. The van der Waals surface area contributed by atoms with Crippen molar-refractivity contribution in [2.45, 2.75) is 18.9 Å². The van der Waals surface area contributed by atoms with E-state index in [0.717, 1.165) is 33.9 Å². The second kappa shape index (κ2) is 7.61. The molecule has 0 N–H and O–H groups in total. The van der Waals surface area contributed by atoms with Crippen LogP contribution in [-0.4, -0.2) is 37.3 Å². The summed E-state index contributed by atoms with van der Waals surface area (Å²) in [4.78, 5) is 16.3. The van der Waals surface area contributed by atoms with E-state index in [2.05, 4.69) is 21.4 Å². The Balaban J connectivity index is 1.47. The number of hydrogen-bond donors (Lipinski definition) is 0. The number of carbonyl (C=O) groups is 1. The maximum atomic E-state index is 14.1. The molecule has 1 aliphatic heterocycles. The van der Waals surface area contributed by atoms with Gasteiger partial charge in [-0.3, -0.25) is 9.48 Å². The lowest BCUT2D eigenvalue weighted by molar-refractivity contribution is 0.0668. The fourth-order valence-corrected chi connectivity index (χ4v) is 5.78. The standard InChI is InChI=1S/C21H17F2N5OS2/c1-11-18-14(5-6-30-18)16(12-8-24-27(2)9-12)10-28(11)21(29)20-26-25-19(31-20)15-4-3-13(22)7-17(15)23/h3-9,11,16H,10H2,1-2H3/t11-,16+/m1/s1. The van der Waals surface area contributed by atoms with Crippen molar-refractivity contribution in [3.63, 3.8) is 0 Å². The van der Waals surface area contributed by atoms with Crippen molar-refractivity contribution in [3.05, 3.63) is 74.7 Å². The Kier molecular flexibility index (Phi) is 4.90. The number of benzene rings is 1.